The van der Waals surface area contributed by atoms with Gasteiger partial charge in [-0.1, -0.05) is 18.9 Å². The van der Waals surface area contributed by atoms with E-state index in [-0.39, 0.29) is 5.91 Å². The van der Waals surface area contributed by atoms with Crippen LogP contribution in [-0.4, -0.2) is 30.4 Å². The summed E-state index contributed by atoms with van der Waals surface area (Å²) in [7, 11) is 0. The first-order chi connectivity index (χ1) is 9.18. The van der Waals surface area contributed by atoms with Crippen LogP contribution in [0.3, 0.4) is 0 Å². The summed E-state index contributed by atoms with van der Waals surface area (Å²) < 4.78 is 1.93. The molecule has 1 saturated heterocycles. The second kappa shape index (κ2) is 7.29. The normalized spacial score (nSPS) is 16.0. The summed E-state index contributed by atoms with van der Waals surface area (Å²) in [6.45, 7) is 2.15. The Morgan fingerprint density at radius 2 is 1.68 bits per heavy atom. The van der Waals surface area contributed by atoms with Crippen LogP contribution in [0.15, 0.2) is 27.1 Å². The molecule has 0 spiro atoms. The van der Waals surface area contributed by atoms with Crippen molar-refractivity contribution < 1.29 is 4.79 Å². The zero-order chi connectivity index (χ0) is 13.7. The van der Waals surface area contributed by atoms with Crippen LogP contribution in [0.1, 0.15) is 25.7 Å². The number of carbonyl (C=O) groups excluding carboxylic acids is 1. The third kappa shape index (κ3) is 4.21. The maximum Gasteiger partial charge on any atom is 0.241 e. The van der Waals surface area contributed by atoms with Crippen molar-refractivity contribution in [3.8, 4) is 0 Å². The largest absolute Gasteiger partial charge is 0.374 e. The van der Waals surface area contributed by atoms with Crippen molar-refractivity contribution in [2.24, 2.45) is 0 Å². The summed E-state index contributed by atoms with van der Waals surface area (Å²) in [5.74, 6) is 0.185. The minimum absolute atomic E-state index is 0.185. The molecule has 0 bridgehead atoms. The Balaban J connectivity index is 1.92. The summed E-state index contributed by atoms with van der Waals surface area (Å²) in [6, 6.07) is 5.88. The van der Waals surface area contributed by atoms with Crippen LogP contribution < -0.4 is 5.32 Å². The number of likely N-dealkylation sites (tertiary alicyclic amines) is 1. The number of hydrogen-bond donors (Lipinski definition) is 1. The zero-order valence-electron chi connectivity index (χ0n) is 10.8. The van der Waals surface area contributed by atoms with Crippen LogP contribution in [0, 0.1) is 0 Å². The molecular weight excluding hydrogens is 372 g/mol. The monoisotopic (exact) mass is 388 g/mol. The summed E-state index contributed by atoms with van der Waals surface area (Å²) in [4.78, 5) is 14.2. The molecule has 2 rings (SSSR count). The fraction of sp³-hybridized carbons (Fsp3) is 0.500. The highest BCUT2D eigenvalue weighted by atomic mass is 79.9. The van der Waals surface area contributed by atoms with E-state index in [0.29, 0.717) is 6.54 Å². The smallest absolute Gasteiger partial charge is 0.241 e. The molecule has 0 aromatic heterocycles. The Morgan fingerprint density at radius 3 is 2.26 bits per heavy atom. The van der Waals surface area contributed by atoms with Gasteiger partial charge in [-0.15, -0.1) is 0 Å². The molecule has 1 N–H and O–H groups in total. The van der Waals surface area contributed by atoms with Crippen molar-refractivity contribution in [2.75, 3.05) is 25.0 Å². The number of benzene rings is 1. The Hall–Kier alpha value is -0.550. The molecule has 0 radical (unpaired) electrons. The molecule has 1 aromatic rings. The molecule has 1 aliphatic rings. The van der Waals surface area contributed by atoms with Crippen LogP contribution >= 0.6 is 31.9 Å². The highest BCUT2D eigenvalue weighted by Gasteiger charge is 2.15. The van der Waals surface area contributed by atoms with E-state index in [2.05, 4.69) is 37.2 Å². The lowest BCUT2D eigenvalue weighted by atomic mass is 10.2. The van der Waals surface area contributed by atoms with Crippen LogP contribution in [0.4, 0.5) is 5.69 Å². The fourth-order valence-corrected chi connectivity index (χ4v) is 3.54. The predicted octanol–water partition coefficient (Wildman–Crippen LogP) is 4.03. The van der Waals surface area contributed by atoms with Gasteiger partial charge in [-0.2, -0.15) is 0 Å². The van der Waals surface area contributed by atoms with Gasteiger partial charge in [0.2, 0.25) is 5.91 Å². The average Bonchev–Trinajstić information content (AvgIpc) is 2.66. The predicted molar refractivity (Wildman–Crippen MR) is 85.4 cm³/mol. The van der Waals surface area contributed by atoms with Gasteiger partial charge in [0, 0.05) is 22.0 Å². The first kappa shape index (κ1) is 14.9. The molecule has 0 saturated carbocycles. The molecule has 1 aromatic carbocycles. The molecule has 0 unspecified atom stereocenters. The van der Waals surface area contributed by atoms with Gasteiger partial charge in [0.1, 0.15) is 0 Å². The molecule has 1 fully saturated rings. The van der Waals surface area contributed by atoms with Crippen LogP contribution in [0.5, 0.6) is 0 Å². The van der Waals surface area contributed by atoms with E-state index in [1.807, 2.05) is 23.1 Å². The van der Waals surface area contributed by atoms with Crippen LogP contribution in [0.25, 0.3) is 0 Å². The quantitative estimate of drug-likeness (QED) is 0.846. The molecule has 1 heterocycles. The van der Waals surface area contributed by atoms with Gasteiger partial charge < -0.3 is 10.2 Å². The number of nitrogens with one attached hydrogen (secondary N) is 1. The number of anilines is 1. The first-order valence-corrected chi connectivity index (χ1v) is 8.23. The van der Waals surface area contributed by atoms with Crippen LogP contribution in [-0.2, 0) is 4.79 Å². The minimum Gasteiger partial charge on any atom is -0.374 e. The van der Waals surface area contributed by atoms with Gasteiger partial charge in [-0.3, -0.25) is 4.79 Å². The van der Waals surface area contributed by atoms with E-state index < -0.39 is 0 Å². The number of nitrogens with zero attached hydrogens (tertiary/aromatic N) is 1. The van der Waals surface area contributed by atoms with Crippen molar-refractivity contribution in [3.05, 3.63) is 27.1 Å². The van der Waals surface area contributed by atoms with Gasteiger partial charge in [0.15, 0.2) is 0 Å². The Bertz CT molecular complexity index is 423. The van der Waals surface area contributed by atoms with E-state index in [1.165, 1.54) is 12.8 Å². The second-order valence-corrected chi connectivity index (χ2v) is 6.45. The Labute approximate surface area is 131 Å². The van der Waals surface area contributed by atoms with Gasteiger partial charge in [0.25, 0.3) is 0 Å². The lowest BCUT2D eigenvalue weighted by molar-refractivity contribution is -0.129. The maximum atomic E-state index is 12.2. The topological polar surface area (TPSA) is 32.3 Å². The number of halogens is 2. The van der Waals surface area contributed by atoms with Crippen molar-refractivity contribution in [2.45, 2.75) is 25.7 Å². The number of amides is 1. The number of rotatable bonds is 3. The number of para-hydroxylation sites is 1. The fourth-order valence-electron chi connectivity index (χ4n) is 2.26. The highest BCUT2D eigenvalue weighted by Crippen LogP contribution is 2.30. The van der Waals surface area contributed by atoms with E-state index in [4.69, 9.17) is 0 Å². The Morgan fingerprint density at radius 1 is 1.11 bits per heavy atom. The second-order valence-electron chi connectivity index (χ2n) is 4.75. The standard InChI is InChI=1S/C14H18Br2N2O/c15-11-6-5-7-12(16)14(11)17-10-13(19)18-8-3-1-2-4-9-18/h5-7,17H,1-4,8-10H2. The van der Waals surface area contributed by atoms with Crippen LogP contribution in [0.2, 0.25) is 0 Å². The average molecular weight is 390 g/mol. The molecule has 1 aliphatic heterocycles. The zero-order valence-corrected chi connectivity index (χ0v) is 14.0. The van der Waals surface area contributed by atoms with Gasteiger partial charge in [-0.25, -0.2) is 0 Å². The van der Waals surface area contributed by atoms with Gasteiger partial charge in [-0.05, 0) is 56.8 Å². The van der Waals surface area contributed by atoms with E-state index in [1.54, 1.807) is 0 Å². The minimum atomic E-state index is 0.185. The lowest BCUT2D eigenvalue weighted by Crippen LogP contribution is -2.36. The third-order valence-corrected chi connectivity index (χ3v) is 4.66. The molecule has 1 amide bonds. The maximum absolute atomic E-state index is 12.2. The van der Waals surface area contributed by atoms with Crippen molar-refractivity contribution in [3.63, 3.8) is 0 Å². The molecule has 5 heteroatoms. The van der Waals surface area contributed by atoms with Gasteiger partial charge in [0.05, 0.1) is 12.2 Å². The molecule has 19 heavy (non-hydrogen) atoms. The van der Waals surface area contributed by atoms with E-state index >= 15 is 0 Å². The Kier molecular flexibility index (Phi) is 5.70. The molecular formula is C14H18Br2N2O. The van der Waals surface area contributed by atoms with Gasteiger partial charge >= 0.3 is 0 Å². The molecule has 0 aliphatic carbocycles. The summed E-state index contributed by atoms with van der Waals surface area (Å²) in [6.07, 6.45) is 4.74. The molecule has 3 nitrogen and oxygen atoms in total. The van der Waals surface area contributed by atoms with Crippen molar-refractivity contribution in [1.29, 1.82) is 0 Å². The molecule has 104 valence electrons. The van der Waals surface area contributed by atoms with Crippen molar-refractivity contribution >= 4 is 43.5 Å². The highest BCUT2D eigenvalue weighted by molar-refractivity contribution is 9.11. The van der Waals surface area contributed by atoms with E-state index in [9.17, 15) is 4.79 Å². The van der Waals surface area contributed by atoms with E-state index in [0.717, 1.165) is 40.6 Å². The summed E-state index contributed by atoms with van der Waals surface area (Å²) >= 11 is 6.98. The van der Waals surface area contributed by atoms with Crippen molar-refractivity contribution in [1.82, 2.24) is 4.90 Å². The third-order valence-electron chi connectivity index (χ3n) is 3.34. The lowest BCUT2D eigenvalue weighted by Gasteiger charge is -2.21. The first-order valence-electron chi connectivity index (χ1n) is 6.64. The SMILES string of the molecule is O=C(CNc1c(Br)cccc1Br)N1CCCCCC1. The number of hydrogen-bond acceptors (Lipinski definition) is 2. The summed E-state index contributed by atoms with van der Waals surface area (Å²) in [5.41, 5.74) is 0.936. The molecule has 0 atom stereocenters. The number of carbonyl (C=O) groups is 1. The summed E-state index contributed by atoms with van der Waals surface area (Å²) in [5, 5.41) is 3.21.